The van der Waals surface area contributed by atoms with Crippen molar-refractivity contribution in [1.29, 1.82) is 0 Å². The van der Waals surface area contributed by atoms with Gasteiger partial charge in [-0.1, -0.05) is 11.6 Å². The number of likely N-dealkylation sites (tertiary alicyclic amines) is 1. The van der Waals surface area contributed by atoms with Gasteiger partial charge in [-0.15, -0.1) is 0 Å². The molecule has 30 heavy (non-hydrogen) atoms. The summed E-state index contributed by atoms with van der Waals surface area (Å²) in [4.78, 5) is 19.2. The Bertz CT molecular complexity index is 1090. The Labute approximate surface area is 180 Å². The fourth-order valence-electron chi connectivity index (χ4n) is 4.06. The van der Waals surface area contributed by atoms with Crippen LogP contribution in [0.15, 0.2) is 48.7 Å². The predicted molar refractivity (Wildman–Crippen MR) is 117 cm³/mol. The number of rotatable bonds is 4. The molecule has 0 spiro atoms. The summed E-state index contributed by atoms with van der Waals surface area (Å²) in [5.41, 5.74) is 2.32. The summed E-state index contributed by atoms with van der Waals surface area (Å²) >= 11 is 6.26. The van der Waals surface area contributed by atoms with E-state index in [1.54, 1.807) is 19.2 Å². The Morgan fingerprint density at radius 3 is 2.80 bits per heavy atom. The van der Waals surface area contributed by atoms with Crippen molar-refractivity contribution in [3.8, 4) is 16.9 Å². The van der Waals surface area contributed by atoms with Gasteiger partial charge in [-0.25, -0.2) is 4.39 Å². The zero-order chi connectivity index (χ0) is 21.3. The maximum atomic E-state index is 13.4. The van der Waals surface area contributed by atoms with Crippen LogP contribution in [0, 0.1) is 5.82 Å². The van der Waals surface area contributed by atoms with Crippen LogP contribution in [0.5, 0.6) is 5.75 Å². The fraction of sp³-hybridized carbons (Fsp3) is 0.333. The first-order valence-corrected chi connectivity index (χ1v) is 10.6. The van der Waals surface area contributed by atoms with Gasteiger partial charge in [-0.2, -0.15) is 0 Å². The number of carbonyl (C=O) groups is 1. The summed E-state index contributed by atoms with van der Waals surface area (Å²) < 4.78 is 19.4. The lowest BCUT2D eigenvalue weighted by molar-refractivity contribution is -0.141. The smallest absolute Gasteiger partial charge is 0.263 e. The maximum absolute atomic E-state index is 13.4. The topological polar surface area (TPSA) is 42.4 Å². The Hall–Kier alpha value is -2.66. The second kappa shape index (κ2) is 8.60. The van der Waals surface area contributed by atoms with Crippen molar-refractivity contribution in [2.24, 2.45) is 0 Å². The summed E-state index contributed by atoms with van der Waals surface area (Å²) in [5, 5.41) is 1.22. The number of fused-ring (bicyclic) bond motifs is 1. The molecule has 6 heteroatoms. The van der Waals surface area contributed by atoms with Crippen molar-refractivity contribution in [2.75, 3.05) is 6.54 Å². The van der Waals surface area contributed by atoms with E-state index in [1.165, 1.54) is 12.1 Å². The van der Waals surface area contributed by atoms with Gasteiger partial charge >= 0.3 is 0 Å². The van der Waals surface area contributed by atoms with E-state index in [-0.39, 0.29) is 17.8 Å². The molecule has 0 saturated carbocycles. The van der Waals surface area contributed by atoms with E-state index in [1.807, 2.05) is 29.2 Å². The number of pyridine rings is 1. The highest BCUT2D eigenvalue weighted by atomic mass is 35.5. The lowest BCUT2D eigenvalue weighted by atomic mass is 10.0. The minimum atomic E-state index is -0.572. The fourth-order valence-corrected chi connectivity index (χ4v) is 4.33. The summed E-state index contributed by atoms with van der Waals surface area (Å²) in [5.74, 6) is 0.226. The van der Waals surface area contributed by atoms with E-state index >= 15 is 0 Å². The molecule has 2 aromatic carbocycles. The molecule has 1 aliphatic heterocycles. The second-order valence-electron chi connectivity index (χ2n) is 7.80. The van der Waals surface area contributed by atoms with Crippen molar-refractivity contribution in [3.05, 3.63) is 59.5 Å². The van der Waals surface area contributed by atoms with Crippen LogP contribution >= 0.6 is 11.6 Å². The molecule has 2 atom stereocenters. The molecule has 4 rings (SSSR count). The number of hydrogen-bond acceptors (Lipinski definition) is 3. The number of benzene rings is 2. The van der Waals surface area contributed by atoms with Crippen molar-refractivity contribution >= 4 is 28.4 Å². The molecule has 4 nitrogen and oxygen atoms in total. The quantitative estimate of drug-likeness (QED) is 0.524. The lowest BCUT2D eigenvalue weighted by Gasteiger charge is -2.35. The van der Waals surface area contributed by atoms with Gasteiger partial charge in [0.15, 0.2) is 6.10 Å². The standard InChI is InChI=1S/C24H24ClFN2O2/c1-15-5-3-4-12-28(15)24(29)16(2)30-18-7-9-21-19(10-11-27-23(21)14-18)20-8-6-17(26)13-22(20)25/h6-11,13-16H,3-5,12H2,1-2H3. The molecule has 1 fully saturated rings. The first kappa shape index (κ1) is 20.6. The minimum Gasteiger partial charge on any atom is -0.481 e. The van der Waals surface area contributed by atoms with E-state index < -0.39 is 6.10 Å². The van der Waals surface area contributed by atoms with Crippen molar-refractivity contribution in [2.45, 2.75) is 45.3 Å². The van der Waals surface area contributed by atoms with Gasteiger partial charge < -0.3 is 9.64 Å². The summed E-state index contributed by atoms with van der Waals surface area (Å²) in [6.07, 6.45) is 4.35. The third-order valence-electron chi connectivity index (χ3n) is 5.68. The summed E-state index contributed by atoms with van der Waals surface area (Å²) in [6.45, 7) is 4.66. The van der Waals surface area contributed by atoms with Gasteiger partial charge in [0.2, 0.25) is 0 Å². The molecular weight excluding hydrogens is 403 g/mol. The van der Waals surface area contributed by atoms with E-state index in [0.29, 0.717) is 10.8 Å². The average molecular weight is 427 g/mol. The first-order valence-electron chi connectivity index (χ1n) is 10.3. The molecule has 1 saturated heterocycles. The molecular formula is C24H24ClFN2O2. The number of aromatic nitrogens is 1. The van der Waals surface area contributed by atoms with Crippen LogP contribution in [0.2, 0.25) is 5.02 Å². The van der Waals surface area contributed by atoms with Crippen LogP contribution < -0.4 is 4.74 Å². The Kier molecular flexibility index (Phi) is 5.91. The maximum Gasteiger partial charge on any atom is 0.263 e. The van der Waals surface area contributed by atoms with Crippen LogP contribution in [0.4, 0.5) is 4.39 Å². The van der Waals surface area contributed by atoms with Crippen LogP contribution in [0.3, 0.4) is 0 Å². The molecule has 1 aromatic heterocycles. The molecule has 156 valence electrons. The number of piperidine rings is 1. The van der Waals surface area contributed by atoms with Crippen LogP contribution in [0.25, 0.3) is 22.0 Å². The number of carbonyl (C=O) groups excluding carboxylic acids is 1. The monoisotopic (exact) mass is 426 g/mol. The van der Waals surface area contributed by atoms with Gasteiger partial charge in [0.25, 0.3) is 5.91 Å². The van der Waals surface area contributed by atoms with Gasteiger partial charge in [0, 0.05) is 35.8 Å². The number of hydrogen-bond donors (Lipinski definition) is 0. The highest BCUT2D eigenvalue weighted by molar-refractivity contribution is 6.33. The van der Waals surface area contributed by atoms with E-state index in [0.717, 1.165) is 47.8 Å². The Morgan fingerprint density at radius 1 is 1.20 bits per heavy atom. The summed E-state index contributed by atoms with van der Waals surface area (Å²) in [7, 11) is 0. The van der Waals surface area contributed by atoms with Gasteiger partial charge in [-0.05, 0) is 75.1 Å². The molecule has 0 aliphatic carbocycles. The third-order valence-corrected chi connectivity index (χ3v) is 5.99. The van der Waals surface area contributed by atoms with Crippen molar-refractivity contribution in [1.82, 2.24) is 9.88 Å². The van der Waals surface area contributed by atoms with Crippen LogP contribution in [0.1, 0.15) is 33.1 Å². The molecule has 2 heterocycles. The third kappa shape index (κ3) is 4.12. The van der Waals surface area contributed by atoms with Crippen molar-refractivity contribution in [3.63, 3.8) is 0 Å². The van der Waals surface area contributed by atoms with Crippen LogP contribution in [-0.4, -0.2) is 34.5 Å². The average Bonchev–Trinajstić information content (AvgIpc) is 2.73. The number of halogens is 2. The van der Waals surface area contributed by atoms with Crippen LogP contribution in [-0.2, 0) is 4.79 Å². The largest absolute Gasteiger partial charge is 0.481 e. The zero-order valence-corrected chi connectivity index (χ0v) is 17.8. The highest BCUT2D eigenvalue weighted by Crippen LogP contribution is 2.34. The van der Waals surface area contributed by atoms with Gasteiger partial charge in [0.05, 0.1) is 10.5 Å². The molecule has 0 N–H and O–H groups in total. The van der Waals surface area contributed by atoms with Crippen molar-refractivity contribution < 1.29 is 13.9 Å². The van der Waals surface area contributed by atoms with Gasteiger partial charge in [0.1, 0.15) is 11.6 Å². The molecule has 1 amide bonds. The summed E-state index contributed by atoms with van der Waals surface area (Å²) in [6, 6.07) is 12.0. The molecule has 1 aliphatic rings. The molecule has 3 aromatic rings. The minimum absolute atomic E-state index is 0.0158. The normalized spacial score (nSPS) is 17.7. The van der Waals surface area contributed by atoms with E-state index in [9.17, 15) is 9.18 Å². The zero-order valence-electron chi connectivity index (χ0n) is 17.1. The highest BCUT2D eigenvalue weighted by Gasteiger charge is 2.28. The number of amides is 1. The van der Waals surface area contributed by atoms with Gasteiger partial charge in [-0.3, -0.25) is 9.78 Å². The Morgan fingerprint density at radius 2 is 2.03 bits per heavy atom. The van der Waals surface area contributed by atoms with E-state index in [2.05, 4.69) is 11.9 Å². The SMILES string of the molecule is CC(Oc1ccc2c(-c3ccc(F)cc3Cl)ccnc2c1)C(=O)N1CCCCC1C. The number of ether oxygens (including phenoxy) is 1. The molecule has 0 bridgehead atoms. The second-order valence-corrected chi connectivity index (χ2v) is 8.21. The lowest BCUT2D eigenvalue weighted by Crippen LogP contribution is -2.47. The first-order chi connectivity index (χ1) is 14.4. The predicted octanol–water partition coefficient (Wildman–Crippen LogP) is 5.86. The molecule has 2 unspecified atom stereocenters. The van der Waals surface area contributed by atoms with E-state index in [4.69, 9.17) is 16.3 Å². The molecule has 0 radical (unpaired) electrons. The number of nitrogens with zero attached hydrogens (tertiary/aromatic N) is 2. The Balaban J connectivity index is 1.59.